The predicted octanol–water partition coefficient (Wildman–Crippen LogP) is -0.294. The Morgan fingerprint density at radius 3 is 3.00 bits per heavy atom. The van der Waals surface area contributed by atoms with Crippen LogP contribution in [0.15, 0.2) is 18.3 Å². The molecule has 0 spiro atoms. The first-order chi connectivity index (χ1) is 9.56. The maximum absolute atomic E-state index is 11.8. The Bertz CT molecular complexity index is 595. The first kappa shape index (κ1) is 13.9. The molecular formula is C12H17N7O. The zero-order valence-electron chi connectivity index (χ0n) is 11.4. The second kappa shape index (κ2) is 6.09. The van der Waals surface area contributed by atoms with Crippen molar-refractivity contribution < 1.29 is 4.79 Å². The standard InChI is InChI=1S/C12H17N7O/c1-8-4-3-5-14-10(8)6-9(2)15-11(20)7-19-12(13)16-17-18-19/h3-5,9H,6-7H2,1-2H3,(H,15,20)(H2,13,16,18). The Labute approximate surface area is 116 Å². The molecule has 0 radical (unpaired) electrons. The Balaban J connectivity index is 1.88. The van der Waals surface area contributed by atoms with Crippen LogP contribution in [0.4, 0.5) is 5.95 Å². The van der Waals surface area contributed by atoms with Crippen LogP contribution in [0.1, 0.15) is 18.2 Å². The van der Waals surface area contributed by atoms with Crippen LogP contribution in [-0.2, 0) is 17.8 Å². The van der Waals surface area contributed by atoms with Crippen molar-refractivity contribution in [3.63, 3.8) is 0 Å². The molecule has 8 heteroatoms. The van der Waals surface area contributed by atoms with Gasteiger partial charge in [-0.1, -0.05) is 11.2 Å². The van der Waals surface area contributed by atoms with Crippen molar-refractivity contribution in [1.82, 2.24) is 30.5 Å². The van der Waals surface area contributed by atoms with Gasteiger partial charge in [0.25, 0.3) is 0 Å². The monoisotopic (exact) mass is 275 g/mol. The quantitative estimate of drug-likeness (QED) is 0.775. The number of amides is 1. The smallest absolute Gasteiger partial charge is 0.242 e. The summed E-state index contributed by atoms with van der Waals surface area (Å²) in [5.74, 6) is -0.0709. The first-order valence-electron chi connectivity index (χ1n) is 6.27. The van der Waals surface area contributed by atoms with Crippen molar-refractivity contribution in [2.75, 3.05) is 5.73 Å². The van der Waals surface area contributed by atoms with E-state index < -0.39 is 0 Å². The summed E-state index contributed by atoms with van der Waals surface area (Å²) >= 11 is 0. The number of nitrogens with two attached hydrogens (primary N) is 1. The molecule has 0 aliphatic heterocycles. The van der Waals surface area contributed by atoms with Gasteiger partial charge < -0.3 is 11.1 Å². The minimum absolute atomic E-state index is 0.00434. The third-order valence-electron chi connectivity index (χ3n) is 2.88. The first-order valence-corrected chi connectivity index (χ1v) is 6.27. The maximum atomic E-state index is 11.8. The zero-order chi connectivity index (χ0) is 14.5. The molecular weight excluding hydrogens is 258 g/mol. The summed E-state index contributed by atoms with van der Waals surface area (Å²) in [5, 5.41) is 13.4. The number of nitrogens with zero attached hydrogens (tertiary/aromatic N) is 5. The van der Waals surface area contributed by atoms with Gasteiger partial charge in [0.15, 0.2) is 0 Å². The number of tetrazole rings is 1. The summed E-state index contributed by atoms with van der Waals surface area (Å²) in [4.78, 5) is 16.2. The second-order valence-corrected chi connectivity index (χ2v) is 4.63. The summed E-state index contributed by atoms with van der Waals surface area (Å²) in [6.45, 7) is 3.93. The fraction of sp³-hybridized carbons (Fsp3) is 0.417. The van der Waals surface area contributed by atoms with E-state index in [2.05, 4.69) is 25.8 Å². The van der Waals surface area contributed by atoms with Gasteiger partial charge in [-0.3, -0.25) is 9.78 Å². The van der Waals surface area contributed by atoms with Crippen LogP contribution in [0.5, 0.6) is 0 Å². The summed E-state index contributed by atoms with van der Waals surface area (Å²) < 4.78 is 1.24. The molecule has 2 heterocycles. The van der Waals surface area contributed by atoms with E-state index in [1.165, 1.54) is 4.68 Å². The number of hydrogen-bond acceptors (Lipinski definition) is 6. The summed E-state index contributed by atoms with van der Waals surface area (Å²) in [7, 11) is 0. The number of nitrogen functional groups attached to an aromatic ring is 1. The van der Waals surface area contributed by atoms with Crippen LogP contribution >= 0.6 is 0 Å². The SMILES string of the molecule is Cc1cccnc1CC(C)NC(=O)Cn1nnnc1N. The zero-order valence-corrected chi connectivity index (χ0v) is 11.4. The number of carbonyl (C=O) groups is 1. The average Bonchev–Trinajstić information content (AvgIpc) is 2.77. The number of anilines is 1. The molecule has 0 fully saturated rings. The molecule has 20 heavy (non-hydrogen) atoms. The summed E-state index contributed by atoms with van der Waals surface area (Å²) in [6.07, 6.45) is 2.42. The van der Waals surface area contributed by atoms with Crippen molar-refractivity contribution in [3.8, 4) is 0 Å². The lowest BCUT2D eigenvalue weighted by Crippen LogP contribution is -2.37. The highest BCUT2D eigenvalue weighted by atomic mass is 16.2. The Hall–Kier alpha value is -2.51. The molecule has 0 saturated carbocycles. The fourth-order valence-electron chi connectivity index (χ4n) is 1.85. The van der Waals surface area contributed by atoms with E-state index in [1.807, 2.05) is 26.0 Å². The van der Waals surface area contributed by atoms with Crippen LogP contribution < -0.4 is 11.1 Å². The molecule has 0 aromatic carbocycles. The Morgan fingerprint density at radius 1 is 1.55 bits per heavy atom. The molecule has 3 N–H and O–H groups in total. The molecule has 0 bridgehead atoms. The van der Waals surface area contributed by atoms with Crippen LogP contribution in [-0.4, -0.2) is 37.1 Å². The lowest BCUT2D eigenvalue weighted by molar-refractivity contribution is -0.122. The molecule has 0 aliphatic carbocycles. The van der Waals surface area contributed by atoms with Gasteiger partial charge in [0.2, 0.25) is 11.9 Å². The van der Waals surface area contributed by atoms with Crippen molar-refractivity contribution in [3.05, 3.63) is 29.6 Å². The van der Waals surface area contributed by atoms with Gasteiger partial charge in [-0.25, -0.2) is 4.68 Å². The van der Waals surface area contributed by atoms with Crippen molar-refractivity contribution in [2.24, 2.45) is 0 Å². The molecule has 0 aliphatic rings. The number of aryl methyl sites for hydroxylation is 1. The number of hydrogen-bond donors (Lipinski definition) is 2. The largest absolute Gasteiger partial charge is 0.367 e. The third-order valence-corrected chi connectivity index (χ3v) is 2.88. The minimum Gasteiger partial charge on any atom is -0.367 e. The van der Waals surface area contributed by atoms with Crippen LogP contribution in [0.2, 0.25) is 0 Å². The van der Waals surface area contributed by atoms with Gasteiger partial charge in [0, 0.05) is 24.4 Å². The Morgan fingerprint density at radius 2 is 2.35 bits per heavy atom. The highest BCUT2D eigenvalue weighted by Crippen LogP contribution is 2.06. The van der Waals surface area contributed by atoms with Gasteiger partial charge in [0.05, 0.1) is 0 Å². The van der Waals surface area contributed by atoms with Crippen LogP contribution in [0.25, 0.3) is 0 Å². The minimum atomic E-state index is -0.190. The highest BCUT2D eigenvalue weighted by Gasteiger charge is 2.12. The topological polar surface area (TPSA) is 112 Å². The number of pyridine rings is 1. The molecule has 1 amide bonds. The number of rotatable bonds is 5. The van der Waals surface area contributed by atoms with Crippen LogP contribution in [0, 0.1) is 6.92 Å². The summed E-state index contributed by atoms with van der Waals surface area (Å²) in [6, 6.07) is 3.86. The summed E-state index contributed by atoms with van der Waals surface area (Å²) in [5.41, 5.74) is 7.58. The van der Waals surface area contributed by atoms with E-state index in [0.717, 1.165) is 11.3 Å². The van der Waals surface area contributed by atoms with E-state index in [-0.39, 0.29) is 24.4 Å². The predicted molar refractivity (Wildman–Crippen MR) is 72.5 cm³/mol. The molecule has 1 atom stereocenters. The lowest BCUT2D eigenvalue weighted by Gasteiger charge is -2.14. The van der Waals surface area contributed by atoms with E-state index in [1.54, 1.807) is 6.20 Å². The van der Waals surface area contributed by atoms with Crippen molar-refractivity contribution in [1.29, 1.82) is 0 Å². The van der Waals surface area contributed by atoms with Crippen molar-refractivity contribution in [2.45, 2.75) is 32.9 Å². The highest BCUT2D eigenvalue weighted by molar-refractivity contribution is 5.76. The van der Waals surface area contributed by atoms with Gasteiger partial charge >= 0.3 is 0 Å². The van der Waals surface area contributed by atoms with Crippen molar-refractivity contribution >= 4 is 11.9 Å². The molecule has 2 aromatic heterocycles. The number of carbonyl (C=O) groups excluding carboxylic acids is 1. The van der Waals surface area contributed by atoms with E-state index in [0.29, 0.717) is 6.42 Å². The molecule has 106 valence electrons. The molecule has 0 saturated heterocycles. The van der Waals surface area contributed by atoms with Gasteiger partial charge in [-0.05, 0) is 35.9 Å². The Kier molecular flexibility index (Phi) is 4.24. The van der Waals surface area contributed by atoms with E-state index >= 15 is 0 Å². The molecule has 2 rings (SSSR count). The fourth-order valence-corrected chi connectivity index (χ4v) is 1.85. The molecule has 1 unspecified atom stereocenters. The van der Waals surface area contributed by atoms with Gasteiger partial charge in [0.1, 0.15) is 6.54 Å². The second-order valence-electron chi connectivity index (χ2n) is 4.63. The lowest BCUT2D eigenvalue weighted by atomic mass is 10.1. The number of nitrogens with one attached hydrogen (secondary N) is 1. The van der Waals surface area contributed by atoms with Crippen LogP contribution in [0.3, 0.4) is 0 Å². The maximum Gasteiger partial charge on any atom is 0.242 e. The normalized spacial score (nSPS) is 12.1. The van der Waals surface area contributed by atoms with Gasteiger partial charge in [-0.15, -0.1) is 0 Å². The van der Waals surface area contributed by atoms with Gasteiger partial charge in [-0.2, -0.15) is 0 Å². The van der Waals surface area contributed by atoms with E-state index in [4.69, 9.17) is 5.73 Å². The molecule has 8 nitrogen and oxygen atoms in total. The van der Waals surface area contributed by atoms with E-state index in [9.17, 15) is 4.79 Å². The number of aromatic nitrogens is 5. The third kappa shape index (κ3) is 3.50. The molecule has 2 aromatic rings. The average molecular weight is 275 g/mol.